The number of aromatic nitrogens is 2. The number of aliphatic hydroxyl groups excluding tert-OH is 1. The first-order chi connectivity index (χ1) is 7.15. The maximum absolute atomic E-state index is 9.36. The first-order valence-corrected chi connectivity index (χ1v) is 5.40. The molecule has 2 N–H and O–H groups in total. The zero-order valence-electron chi connectivity index (χ0n) is 9.00. The number of halogens is 1. The molecule has 1 aromatic heterocycles. The SMILES string of the molecule is CCC(CC)(CO)Nc1cncc(Cl)n1. The Morgan fingerprint density at radius 3 is 2.53 bits per heavy atom. The molecule has 15 heavy (non-hydrogen) atoms. The molecule has 1 rings (SSSR count). The lowest BCUT2D eigenvalue weighted by Crippen LogP contribution is -2.41. The van der Waals surface area contributed by atoms with Gasteiger partial charge in [0.05, 0.1) is 24.5 Å². The summed E-state index contributed by atoms with van der Waals surface area (Å²) >= 11 is 5.73. The third-order valence-corrected chi connectivity index (χ3v) is 2.84. The van der Waals surface area contributed by atoms with Crippen LogP contribution < -0.4 is 5.32 Å². The summed E-state index contributed by atoms with van der Waals surface area (Å²) in [5.41, 5.74) is -0.334. The molecule has 0 saturated heterocycles. The van der Waals surface area contributed by atoms with E-state index in [1.807, 2.05) is 13.8 Å². The lowest BCUT2D eigenvalue weighted by Gasteiger charge is -2.31. The minimum Gasteiger partial charge on any atom is -0.394 e. The Hall–Kier alpha value is -0.870. The number of nitrogens with zero attached hydrogens (tertiary/aromatic N) is 2. The fourth-order valence-corrected chi connectivity index (χ4v) is 1.51. The fourth-order valence-electron chi connectivity index (χ4n) is 1.36. The van der Waals surface area contributed by atoms with Gasteiger partial charge in [-0.15, -0.1) is 0 Å². The number of hydrogen-bond donors (Lipinski definition) is 2. The quantitative estimate of drug-likeness (QED) is 0.812. The van der Waals surface area contributed by atoms with Crippen molar-refractivity contribution >= 4 is 17.4 Å². The van der Waals surface area contributed by atoms with Crippen LogP contribution in [0.4, 0.5) is 5.82 Å². The second kappa shape index (κ2) is 5.28. The third kappa shape index (κ3) is 3.04. The van der Waals surface area contributed by atoms with E-state index in [-0.39, 0.29) is 12.1 Å². The molecule has 0 aliphatic rings. The maximum atomic E-state index is 9.36. The second-order valence-electron chi connectivity index (χ2n) is 3.50. The van der Waals surface area contributed by atoms with Crippen molar-refractivity contribution < 1.29 is 5.11 Å². The van der Waals surface area contributed by atoms with Crippen LogP contribution in [-0.2, 0) is 0 Å². The Morgan fingerprint density at radius 2 is 2.07 bits per heavy atom. The number of anilines is 1. The van der Waals surface area contributed by atoms with Gasteiger partial charge in [0, 0.05) is 0 Å². The highest BCUT2D eigenvalue weighted by Crippen LogP contribution is 2.20. The minimum absolute atomic E-state index is 0.0637. The largest absolute Gasteiger partial charge is 0.394 e. The molecule has 0 amide bonds. The van der Waals surface area contributed by atoms with Gasteiger partial charge in [0.15, 0.2) is 0 Å². The van der Waals surface area contributed by atoms with Gasteiger partial charge in [0.1, 0.15) is 11.0 Å². The molecule has 5 heteroatoms. The van der Waals surface area contributed by atoms with E-state index in [2.05, 4.69) is 15.3 Å². The predicted octanol–water partition coefficient (Wildman–Crippen LogP) is 2.09. The minimum atomic E-state index is -0.334. The molecule has 0 atom stereocenters. The van der Waals surface area contributed by atoms with E-state index in [4.69, 9.17) is 11.6 Å². The molecule has 0 aliphatic carbocycles. The first-order valence-electron chi connectivity index (χ1n) is 5.02. The summed E-state index contributed by atoms with van der Waals surface area (Å²) in [5, 5.41) is 12.9. The molecule has 4 nitrogen and oxygen atoms in total. The Kier molecular flexibility index (Phi) is 4.29. The van der Waals surface area contributed by atoms with Crippen molar-refractivity contribution in [2.45, 2.75) is 32.2 Å². The summed E-state index contributed by atoms with van der Waals surface area (Å²) in [5.74, 6) is 0.597. The molecule has 0 radical (unpaired) electrons. The van der Waals surface area contributed by atoms with Crippen LogP contribution in [0.3, 0.4) is 0 Å². The Labute approximate surface area is 94.7 Å². The number of hydrogen-bond acceptors (Lipinski definition) is 4. The van der Waals surface area contributed by atoms with Crippen LogP contribution in [0, 0.1) is 0 Å². The van der Waals surface area contributed by atoms with Gasteiger partial charge in [-0.3, -0.25) is 4.98 Å². The van der Waals surface area contributed by atoms with Crippen LogP contribution >= 0.6 is 11.6 Å². The smallest absolute Gasteiger partial charge is 0.149 e. The molecular formula is C10H16ClN3O. The molecule has 0 unspecified atom stereocenters. The van der Waals surface area contributed by atoms with Gasteiger partial charge < -0.3 is 10.4 Å². The third-order valence-electron chi connectivity index (χ3n) is 2.65. The van der Waals surface area contributed by atoms with Crippen LogP contribution in [0.25, 0.3) is 0 Å². The highest BCUT2D eigenvalue weighted by molar-refractivity contribution is 6.29. The van der Waals surface area contributed by atoms with E-state index in [1.54, 1.807) is 6.20 Å². The van der Waals surface area contributed by atoms with E-state index in [0.29, 0.717) is 11.0 Å². The summed E-state index contributed by atoms with van der Waals surface area (Å²) < 4.78 is 0. The lowest BCUT2D eigenvalue weighted by molar-refractivity contribution is 0.202. The van der Waals surface area contributed by atoms with Crippen molar-refractivity contribution in [1.82, 2.24) is 9.97 Å². The van der Waals surface area contributed by atoms with Crippen molar-refractivity contribution in [3.63, 3.8) is 0 Å². The number of nitrogens with one attached hydrogen (secondary N) is 1. The molecule has 0 saturated carbocycles. The standard InChI is InChI=1S/C10H16ClN3O/c1-3-10(4-2,7-15)14-9-6-12-5-8(11)13-9/h5-6,15H,3-4,7H2,1-2H3,(H,13,14). The van der Waals surface area contributed by atoms with Gasteiger partial charge in [0.2, 0.25) is 0 Å². The zero-order valence-corrected chi connectivity index (χ0v) is 9.75. The normalized spacial score (nSPS) is 11.5. The molecule has 0 fully saturated rings. The van der Waals surface area contributed by atoms with Gasteiger partial charge in [-0.2, -0.15) is 0 Å². The zero-order chi connectivity index (χ0) is 11.3. The monoisotopic (exact) mass is 229 g/mol. The van der Waals surface area contributed by atoms with Crippen LogP contribution in [0.15, 0.2) is 12.4 Å². The van der Waals surface area contributed by atoms with Gasteiger partial charge in [-0.25, -0.2) is 4.98 Å². The molecule has 0 aromatic carbocycles. The highest BCUT2D eigenvalue weighted by atomic mass is 35.5. The van der Waals surface area contributed by atoms with Crippen molar-refractivity contribution in [2.75, 3.05) is 11.9 Å². The summed E-state index contributed by atoms with van der Waals surface area (Å²) in [4.78, 5) is 8.02. The van der Waals surface area contributed by atoms with Gasteiger partial charge in [0.25, 0.3) is 0 Å². The average Bonchev–Trinajstić information content (AvgIpc) is 2.26. The molecule has 1 aromatic rings. The van der Waals surface area contributed by atoms with Crippen LogP contribution in [0.5, 0.6) is 0 Å². The van der Waals surface area contributed by atoms with E-state index < -0.39 is 0 Å². The van der Waals surface area contributed by atoms with Crippen LogP contribution in [-0.4, -0.2) is 27.2 Å². The number of rotatable bonds is 5. The van der Waals surface area contributed by atoms with E-state index >= 15 is 0 Å². The summed E-state index contributed by atoms with van der Waals surface area (Å²) in [7, 11) is 0. The van der Waals surface area contributed by atoms with Crippen LogP contribution in [0.2, 0.25) is 5.15 Å². The Balaban J connectivity index is 2.82. The number of aliphatic hydroxyl groups is 1. The lowest BCUT2D eigenvalue weighted by atomic mass is 9.94. The molecule has 84 valence electrons. The molecular weight excluding hydrogens is 214 g/mol. The summed E-state index contributed by atoms with van der Waals surface area (Å²) in [6.45, 7) is 4.10. The maximum Gasteiger partial charge on any atom is 0.149 e. The molecule has 1 heterocycles. The van der Waals surface area contributed by atoms with Gasteiger partial charge in [-0.1, -0.05) is 25.4 Å². The van der Waals surface area contributed by atoms with Crippen molar-refractivity contribution in [3.05, 3.63) is 17.5 Å². The Morgan fingerprint density at radius 1 is 1.40 bits per heavy atom. The molecule has 0 bridgehead atoms. The van der Waals surface area contributed by atoms with Gasteiger partial charge >= 0.3 is 0 Å². The highest BCUT2D eigenvalue weighted by Gasteiger charge is 2.25. The van der Waals surface area contributed by atoms with Crippen molar-refractivity contribution in [1.29, 1.82) is 0 Å². The van der Waals surface area contributed by atoms with E-state index in [9.17, 15) is 5.11 Å². The van der Waals surface area contributed by atoms with E-state index in [1.165, 1.54) is 6.20 Å². The average molecular weight is 230 g/mol. The topological polar surface area (TPSA) is 58.0 Å². The summed E-state index contributed by atoms with van der Waals surface area (Å²) in [6, 6.07) is 0. The second-order valence-corrected chi connectivity index (χ2v) is 3.88. The molecule has 0 spiro atoms. The van der Waals surface area contributed by atoms with Crippen LogP contribution in [0.1, 0.15) is 26.7 Å². The summed E-state index contributed by atoms with van der Waals surface area (Å²) in [6.07, 6.45) is 4.70. The fraction of sp³-hybridized carbons (Fsp3) is 0.600. The molecule has 0 aliphatic heterocycles. The van der Waals surface area contributed by atoms with E-state index in [0.717, 1.165) is 12.8 Å². The first kappa shape index (κ1) is 12.2. The predicted molar refractivity (Wildman–Crippen MR) is 61.1 cm³/mol. The van der Waals surface area contributed by atoms with Gasteiger partial charge in [-0.05, 0) is 12.8 Å². The Bertz CT molecular complexity index is 307. The van der Waals surface area contributed by atoms with Crippen molar-refractivity contribution in [3.8, 4) is 0 Å². The van der Waals surface area contributed by atoms with Crippen molar-refractivity contribution in [2.24, 2.45) is 0 Å².